The zero-order valence-corrected chi connectivity index (χ0v) is 14.6. The van der Waals surface area contributed by atoms with Crippen LogP contribution in [-0.4, -0.2) is 31.2 Å². The molecule has 2 rings (SSSR count). The molecule has 1 aromatic heterocycles. The summed E-state index contributed by atoms with van der Waals surface area (Å²) in [5.74, 6) is 1.26. The van der Waals surface area contributed by atoms with Crippen molar-refractivity contribution in [2.75, 3.05) is 11.9 Å². The fourth-order valence-electron chi connectivity index (χ4n) is 2.58. The standard InChI is InChI=1S/C15H24ClN3O2S/c1-11(2)22(20,21)18-9-12-3-6-14(7-4-12)19-15-8-5-13(16)10-17-15/h5,8,10-12,14,18H,3-4,6-7,9H2,1-2H3,(H,17,19). The number of pyridine rings is 1. The number of rotatable bonds is 6. The molecule has 0 saturated heterocycles. The smallest absolute Gasteiger partial charge is 0.213 e. The lowest BCUT2D eigenvalue weighted by Crippen LogP contribution is -2.37. The van der Waals surface area contributed by atoms with Crippen LogP contribution in [0.25, 0.3) is 0 Å². The molecule has 1 aliphatic carbocycles. The van der Waals surface area contributed by atoms with E-state index >= 15 is 0 Å². The van der Waals surface area contributed by atoms with Crippen molar-refractivity contribution in [1.82, 2.24) is 9.71 Å². The maximum atomic E-state index is 11.8. The van der Waals surface area contributed by atoms with E-state index in [0.29, 0.717) is 23.5 Å². The first kappa shape index (κ1) is 17.5. The third-order valence-electron chi connectivity index (χ3n) is 4.12. The molecule has 1 saturated carbocycles. The third kappa shape index (κ3) is 5.11. The molecule has 0 spiro atoms. The molecular formula is C15H24ClN3O2S. The first-order valence-corrected chi connectivity index (χ1v) is 9.66. The van der Waals surface area contributed by atoms with Gasteiger partial charge in [0, 0.05) is 18.8 Å². The van der Waals surface area contributed by atoms with Crippen LogP contribution in [0.3, 0.4) is 0 Å². The van der Waals surface area contributed by atoms with Gasteiger partial charge >= 0.3 is 0 Å². The first-order valence-electron chi connectivity index (χ1n) is 7.73. The van der Waals surface area contributed by atoms with Crippen molar-refractivity contribution in [2.45, 2.75) is 50.8 Å². The quantitative estimate of drug-likeness (QED) is 0.831. The maximum Gasteiger partial charge on any atom is 0.213 e. The summed E-state index contributed by atoms with van der Waals surface area (Å²) in [6, 6.07) is 4.10. The topological polar surface area (TPSA) is 71.1 Å². The molecule has 0 aliphatic heterocycles. The van der Waals surface area contributed by atoms with Gasteiger partial charge in [-0.25, -0.2) is 18.1 Å². The number of nitrogens with zero attached hydrogens (tertiary/aromatic N) is 1. The van der Waals surface area contributed by atoms with Crippen molar-refractivity contribution in [2.24, 2.45) is 5.92 Å². The molecule has 0 bridgehead atoms. The predicted octanol–water partition coefficient (Wildman–Crippen LogP) is 3.03. The van der Waals surface area contributed by atoms with Crippen LogP contribution < -0.4 is 10.0 Å². The minimum atomic E-state index is -3.15. The number of hydrogen-bond acceptors (Lipinski definition) is 4. The molecule has 22 heavy (non-hydrogen) atoms. The molecule has 1 heterocycles. The first-order chi connectivity index (χ1) is 10.4. The Bertz CT molecular complexity index is 567. The molecule has 1 fully saturated rings. The second kappa shape index (κ2) is 7.62. The highest BCUT2D eigenvalue weighted by molar-refractivity contribution is 7.90. The van der Waals surface area contributed by atoms with E-state index < -0.39 is 10.0 Å². The van der Waals surface area contributed by atoms with E-state index in [1.54, 1.807) is 20.0 Å². The molecular weight excluding hydrogens is 322 g/mol. The maximum absolute atomic E-state index is 11.8. The Morgan fingerprint density at radius 1 is 1.27 bits per heavy atom. The predicted molar refractivity (Wildman–Crippen MR) is 90.7 cm³/mol. The van der Waals surface area contributed by atoms with Crippen LogP contribution in [0.5, 0.6) is 0 Å². The molecule has 0 radical (unpaired) electrons. The van der Waals surface area contributed by atoms with Crippen LogP contribution in [0, 0.1) is 5.92 Å². The number of anilines is 1. The molecule has 1 aromatic rings. The van der Waals surface area contributed by atoms with Crippen LogP contribution in [0.2, 0.25) is 5.02 Å². The molecule has 1 aliphatic rings. The summed E-state index contributed by atoms with van der Waals surface area (Å²) < 4.78 is 26.3. The summed E-state index contributed by atoms with van der Waals surface area (Å²) in [6.07, 6.45) is 5.73. The Hall–Kier alpha value is -0.850. The molecule has 0 atom stereocenters. The van der Waals surface area contributed by atoms with Gasteiger partial charge in [0.05, 0.1) is 10.3 Å². The normalized spacial score (nSPS) is 22.7. The minimum absolute atomic E-state index is 0.374. The Kier molecular flexibility index (Phi) is 6.06. The van der Waals surface area contributed by atoms with Crippen molar-refractivity contribution in [3.05, 3.63) is 23.4 Å². The summed E-state index contributed by atoms with van der Waals surface area (Å²) >= 11 is 5.82. The van der Waals surface area contributed by atoms with Crippen LogP contribution in [-0.2, 0) is 10.0 Å². The van der Waals surface area contributed by atoms with E-state index in [1.807, 2.05) is 12.1 Å². The Morgan fingerprint density at radius 2 is 1.95 bits per heavy atom. The highest BCUT2D eigenvalue weighted by Gasteiger charge is 2.23. The summed E-state index contributed by atoms with van der Waals surface area (Å²) in [4.78, 5) is 4.24. The third-order valence-corrected chi connectivity index (χ3v) is 6.15. The van der Waals surface area contributed by atoms with Crippen molar-refractivity contribution in [1.29, 1.82) is 0 Å². The summed E-state index contributed by atoms with van der Waals surface area (Å²) in [7, 11) is -3.15. The highest BCUT2D eigenvalue weighted by atomic mass is 35.5. The monoisotopic (exact) mass is 345 g/mol. The van der Waals surface area contributed by atoms with Crippen molar-refractivity contribution < 1.29 is 8.42 Å². The van der Waals surface area contributed by atoms with Crippen molar-refractivity contribution in [3.8, 4) is 0 Å². The lowest BCUT2D eigenvalue weighted by atomic mass is 9.86. The fraction of sp³-hybridized carbons (Fsp3) is 0.667. The van der Waals surface area contributed by atoms with Gasteiger partial charge in [-0.1, -0.05) is 11.6 Å². The zero-order valence-electron chi connectivity index (χ0n) is 13.0. The Labute approximate surface area is 137 Å². The average Bonchev–Trinajstić information content (AvgIpc) is 2.49. The summed E-state index contributed by atoms with van der Waals surface area (Å²) in [5.41, 5.74) is 0. The molecule has 0 unspecified atom stereocenters. The minimum Gasteiger partial charge on any atom is -0.367 e. The number of halogens is 1. The van der Waals surface area contributed by atoms with E-state index in [9.17, 15) is 8.42 Å². The van der Waals surface area contributed by atoms with Crippen LogP contribution in [0.15, 0.2) is 18.3 Å². The van der Waals surface area contributed by atoms with E-state index in [4.69, 9.17) is 11.6 Å². The Balaban J connectivity index is 1.75. The largest absolute Gasteiger partial charge is 0.367 e. The van der Waals surface area contributed by atoms with Gasteiger partial charge in [0.25, 0.3) is 0 Å². The van der Waals surface area contributed by atoms with Crippen LogP contribution in [0.4, 0.5) is 5.82 Å². The molecule has 0 amide bonds. The highest BCUT2D eigenvalue weighted by Crippen LogP contribution is 2.26. The van der Waals surface area contributed by atoms with Gasteiger partial charge in [-0.15, -0.1) is 0 Å². The molecule has 0 aromatic carbocycles. The van der Waals surface area contributed by atoms with Crippen LogP contribution in [0.1, 0.15) is 39.5 Å². The van der Waals surface area contributed by atoms with E-state index in [2.05, 4.69) is 15.0 Å². The number of hydrogen-bond donors (Lipinski definition) is 2. The molecule has 5 nitrogen and oxygen atoms in total. The second-order valence-corrected chi connectivity index (χ2v) is 8.92. The van der Waals surface area contributed by atoms with Gasteiger partial charge in [0.15, 0.2) is 0 Å². The Morgan fingerprint density at radius 3 is 2.50 bits per heavy atom. The summed E-state index contributed by atoms with van der Waals surface area (Å²) in [6.45, 7) is 3.94. The van der Waals surface area contributed by atoms with Gasteiger partial charge in [0.2, 0.25) is 10.0 Å². The molecule has 2 N–H and O–H groups in total. The fourth-order valence-corrected chi connectivity index (χ4v) is 3.50. The van der Waals surface area contributed by atoms with Crippen molar-refractivity contribution >= 4 is 27.4 Å². The zero-order chi connectivity index (χ0) is 16.2. The number of sulfonamides is 1. The van der Waals surface area contributed by atoms with Gasteiger partial charge in [0.1, 0.15) is 5.82 Å². The van der Waals surface area contributed by atoms with E-state index in [1.165, 1.54) is 0 Å². The van der Waals surface area contributed by atoms with E-state index in [-0.39, 0.29) is 5.25 Å². The van der Waals surface area contributed by atoms with Crippen LogP contribution >= 0.6 is 11.6 Å². The van der Waals surface area contributed by atoms with E-state index in [0.717, 1.165) is 31.5 Å². The average molecular weight is 346 g/mol. The SMILES string of the molecule is CC(C)S(=O)(=O)NCC1CCC(Nc2ccc(Cl)cn2)CC1. The number of aromatic nitrogens is 1. The van der Waals surface area contributed by atoms with Gasteiger partial charge < -0.3 is 5.32 Å². The summed E-state index contributed by atoms with van der Waals surface area (Å²) in [5, 5.41) is 3.67. The lowest BCUT2D eigenvalue weighted by molar-refractivity contribution is 0.336. The second-order valence-electron chi connectivity index (χ2n) is 6.17. The molecule has 7 heteroatoms. The van der Waals surface area contributed by atoms with Gasteiger partial charge in [-0.2, -0.15) is 0 Å². The number of nitrogens with one attached hydrogen (secondary N) is 2. The van der Waals surface area contributed by atoms with Gasteiger partial charge in [-0.3, -0.25) is 0 Å². The lowest BCUT2D eigenvalue weighted by Gasteiger charge is -2.29. The molecule has 124 valence electrons. The van der Waals surface area contributed by atoms with Crippen molar-refractivity contribution in [3.63, 3.8) is 0 Å². The van der Waals surface area contributed by atoms with Gasteiger partial charge in [-0.05, 0) is 57.6 Å².